The van der Waals surface area contributed by atoms with Gasteiger partial charge < -0.3 is 35.9 Å². The Morgan fingerprint density at radius 2 is 1.62 bits per heavy atom. The van der Waals surface area contributed by atoms with E-state index >= 15 is 0 Å². The highest BCUT2D eigenvalue weighted by Crippen LogP contribution is 2.69. The summed E-state index contributed by atoms with van der Waals surface area (Å²) < 4.78 is 51.3. The van der Waals surface area contributed by atoms with Gasteiger partial charge in [-0.1, -0.05) is 27.7 Å². The van der Waals surface area contributed by atoms with Crippen LogP contribution in [0, 0.1) is 46.3 Å². The summed E-state index contributed by atoms with van der Waals surface area (Å²) in [5.74, 6) is 3.20. The minimum atomic E-state index is -4.00. The molecule has 0 aromatic rings. The summed E-state index contributed by atoms with van der Waals surface area (Å²) in [6, 6.07) is 0. The molecule has 48 heavy (non-hydrogen) atoms. The van der Waals surface area contributed by atoms with Gasteiger partial charge in [0, 0.05) is 25.2 Å². The maximum Gasteiger partial charge on any atom is 0.278 e. The molecule has 282 valence electrons. The van der Waals surface area contributed by atoms with Crippen molar-refractivity contribution in [3.63, 3.8) is 0 Å². The van der Waals surface area contributed by atoms with Gasteiger partial charge in [0.05, 0.1) is 18.3 Å². The molecule has 0 radical (unpaired) electrons. The lowest BCUT2D eigenvalue weighted by Gasteiger charge is -2.65. The van der Waals surface area contributed by atoms with Crippen molar-refractivity contribution in [2.45, 2.75) is 123 Å². The molecule has 0 aliphatic heterocycles. The second-order valence-electron chi connectivity index (χ2n) is 16.2. The third-order valence-electron chi connectivity index (χ3n) is 13.4. The van der Waals surface area contributed by atoms with Crippen LogP contribution in [0.1, 0.15) is 105 Å². The fourth-order valence-electron chi connectivity index (χ4n) is 11.0. The number of hydrogen-bond acceptors (Lipinski definition) is 9. The molecular weight excluding hydrogens is 628 g/mol. The number of ether oxygens (including phenoxy) is 3. The maximum absolute atomic E-state index is 11.0. The van der Waals surface area contributed by atoms with Crippen molar-refractivity contribution in [2.75, 3.05) is 65.5 Å². The number of nitrogens with two attached hydrogens (primary N) is 1. The standard InChI is InChI=1S/C37H72N4O6S/c1-6-40-18-7-11-27(2)30-12-13-31-35-32(25-34(37(30,31)4)47-22-9-17-39-5)36(3)15-14-29(45-21-10-19-41-26-48(42,43)44)23-28(36)24-33(35)46-20-8-16-38/h27-35,39-41H,6-26,38H2,1-5H3,(H,42,43,44)/t27-,28+,29-,30-,31+,32?,33-,34+,35?,36+,37-/m1/s1. The zero-order valence-corrected chi connectivity index (χ0v) is 31.8. The molecule has 0 amide bonds. The molecule has 0 spiro atoms. The minimum Gasteiger partial charge on any atom is -0.378 e. The number of fused-ring (bicyclic) bond motifs is 5. The van der Waals surface area contributed by atoms with Crippen molar-refractivity contribution in [2.24, 2.45) is 52.1 Å². The molecule has 2 unspecified atom stereocenters. The quantitative estimate of drug-likeness (QED) is 0.0787. The van der Waals surface area contributed by atoms with Crippen molar-refractivity contribution < 1.29 is 27.2 Å². The average molecular weight is 701 g/mol. The van der Waals surface area contributed by atoms with Crippen LogP contribution in [0.4, 0.5) is 0 Å². The summed E-state index contributed by atoms with van der Waals surface area (Å²) in [7, 11) is -1.97. The van der Waals surface area contributed by atoms with E-state index in [9.17, 15) is 8.42 Å². The zero-order valence-electron chi connectivity index (χ0n) is 31.0. The summed E-state index contributed by atoms with van der Waals surface area (Å²) in [5, 5.41) is 9.64. The van der Waals surface area contributed by atoms with Crippen LogP contribution >= 0.6 is 0 Å². The number of nitrogens with one attached hydrogen (secondary N) is 3. The van der Waals surface area contributed by atoms with E-state index in [4.69, 9.17) is 24.5 Å². The number of hydrogen-bond donors (Lipinski definition) is 5. The molecule has 11 heteroatoms. The SMILES string of the molecule is CCNCCC[C@@H](C)[C@H]1CC[C@H]2C3C(C[C@H](OCCCNC)[C@]12C)[C@@]1(C)CC[C@@H](OCCCNCS(=O)(=O)O)C[C@H]1C[C@H]3OCCCN. The fraction of sp³-hybridized carbons (Fsp3) is 1.00. The van der Waals surface area contributed by atoms with Crippen LogP contribution in [0.25, 0.3) is 0 Å². The van der Waals surface area contributed by atoms with Gasteiger partial charge in [-0.05, 0) is 158 Å². The molecule has 4 fully saturated rings. The van der Waals surface area contributed by atoms with Crippen LogP contribution in [-0.2, 0) is 24.3 Å². The van der Waals surface area contributed by atoms with E-state index in [0.29, 0.717) is 61.6 Å². The van der Waals surface area contributed by atoms with Gasteiger partial charge in [-0.15, -0.1) is 0 Å². The lowest BCUT2D eigenvalue weighted by Crippen LogP contribution is -2.63. The second-order valence-corrected chi connectivity index (χ2v) is 17.7. The third-order valence-corrected chi connectivity index (χ3v) is 14.0. The Hall–Kier alpha value is -0.370. The van der Waals surface area contributed by atoms with Crippen LogP contribution < -0.4 is 21.7 Å². The number of rotatable bonds is 22. The Morgan fingerprint density at radius 1 is 0.896 bits per heavy atom. The molecule has 6 N–H and O–H groups in total. The molecule has 4 aliphatic rings. The molecule has 0 bridgehead atoms. The largest absolute Gasteiger partial charge is 0.378 e. The summed E-state index contributed by atoms with van der Waals surface area (Å²) in [5.41, 5.74) is 6.34. The van der Waals surface area contributed by atoms with E-state index in [1.165, 1.54) is 32.1 Å². The van der Waals surface area contributed by atoms with Crippen LogP contribution in [0.5, 0.6) is 0 Å². The van der Waals surface area contributed by atoms with Gasteiger partial charge in [0.1, 0.15) is 5.88 Å². The Bertz CT molecular complexity index is 1050. The predicted octanol–water partition coefficient (Wildman–Crippen LogP) is 4.83. The molecule has 4 saturated carbocycles. The van der Waals surface area contributed by atoms with E-state index in [1.54, 1.807) is 0 Å². The van der Waals surface area contributed by atoms with Crippen LogP contribution in [0.2, 0.25) is 0 Å². The van der Waals surface area contributed by atoms with Crippen molar-refractivity contribution in [1.29, 1.82) is 0 Å². The maximum atomic E-state index is 11.0. The minimum absolute atomic E-state index is 0.154. The topological polar surface area (TPSA) is 144 Å². The first kappa shape index (κ1) is 40.4. The second kappa shape index (κ2) is 18.9. The van der Waals surface area contributed by atoms with Gasteiger partial charge in [0.2, 0.25) is 0 Å². The van der Waals surface area contributed by atoms with E-state index in [2.05, 4.69) is 43.6 Å². The molecule has 4 aliphatic carbocycles. The summed E-state index contributed by atoms with van der Waals surface area (Å²) >= 11 is 0. The van der Waals surface area contributed by atoms with E-state index in [1.807, 2.05) is 7.05 Å². The molecular formula is C37H72N4O6S. The third kappa shape index (κ3) is 9.94. The summed E-state index contributed by atoms with van der Waals surface area (Å²) in [6.45, 7) is 16.4. The van der Waals surface area contributed by atoms with Gasteiger partial charge in [0.25, 0.3) is 10.1 Å². The van der Waals surface area contributed by atoms with Crippen molar-refractivity contribution in [3.8, 4) is 0 Å². The molecule has 4 rings (SSSR count). The Balaban J connectivity index is 1.52. The normalized spacial score (nSPS) is 37.1. The Labute approximate surface area is 293 Å². The van der Waals surface area contributed by atoms with Gasteiger partial charge in [-0.2, -0.15) is 8.42 Å². The van der Waals surface area contributed by atoms with Crippen molar-refractivity contribution >= 4 is 10.1 Å². The summed E-state index contributed by atoms with van der Waals surface area (Å²) in [4.78, 5) is 0. The highest BCUT2D eigenvalue weighted by molar-refractivity contribution is 7.85. The lowest BCUT2D eigenvalue weighted by atomic mass is 9.43. The molecule has 0 aromatic heterocycles. The zero-order chi connectivity index (χ0) is 34.8. The predicted molar refractivity (Wildman–Crippen MR) is 193 cm³/mol. The lowest BCUT2D eigenvalue weighted by molar-refractivity contribution is -0.227. The highest BCUT2D eigenvalue weighted by Gasteiger charge is 2.66. The highest BCUT2D eigenvalue weighted by atomic mass is 32.2. The van der Waals surface area contributed by atoms with Crippen LogP contribution in [-0.4, -0.2) is 96.8 Å². The molecule has 10 nitrogen and oxygen atoms in total. The van der Waals surface area contributed by atoms with E-state index < -0.39 is 16.0 Å². The van der Waals surface area contributed by atoms with Crippen LogP contribution in [0.3, 0.4) is 0 Å². The van der Waals surface area contributed by atoms with Gasteiger partial charge in [-0.3, -0.25) is 4.55 Å². The van der Waals surface area contributed by atoms with Crippen LogP contribution in [0.15, 0.2) is 0 Å². The van der Waals surface area contributed by atoms with E-state index in [-0.39, 0.29) is 29.1 Å². The Kier molecular flexibility index (Phi) is 15.9. The van der Waals surface area contributed by atoms with Crippen molar-refractivity contribution in [1.82, 2.24) is 16.0 Å². The summed E-state index contributed by atoms with van der Waals surface area (Å²) in [6.07, 6.45) is 14.0. The molecule has 0 aromatic carbocycles. The first-order valence-corrected chi connectivity index (χ1v) is 21.2. The monoisotopic (exact) mass is 701 g/mol. The fourth-order valence-corrected chi connectivity index (χ4v) is 11.4. The van der Waals surface area contributed by atoms with Crippen molar-refractivity contribution in [3.05, 3.63) is 0 Å². The molecule has 0 heterocycles. The van der Waals surface area contributed by atoms with Gasteiger partial charge >= 0.3 is 0 Å². The first-order valence-electron chi connectivity index (χ1n) is 19.6. The van der Waals surface area contributed by atoms with Gasteiger partial charge in [0.15, 0.2) is 0 Å². The smallest absolute Gasteiger partial charge is 0.278 e. The Morgan fingerprint density at radius 3 is 2.35 bits per heavy atom. The average Bonchev–Trinajstić information content (AvgIpc) is 3.41. The van der Waals surface area contributed by atoms with E-state index in [0.717, 1.165) is 71.4 Å². The molecule has 11 atom stereocenters. The van der Waals surface area contributed by atoms with Gasteiger partial charge in [-0.25, -0.2) is 0 Å². The molecule has 0 saturated heterocycles. The first-order chi connectivity index (χ1) is 23.0.